The molecule has 0 spiro atoms. The van der Waals surface area contributed by atoms with Crippen molar-refractivity contribution in [2.24, 2.45) is 0 Å². The van der Waals surface area contributed by atoms with Crippen LogP contribution in [0, 0.1) is 0 Å². The van der Waals surface area contributed by atoms with Crippen molar-refractivity contribution in [2.45, 2.75) is 52.4 Å². The lowest BCUT2D eigenvalue weighted by Gasteiger charge is -2.24. The highest BCUT2D eigenvalue weighted by Crippen LogP contribution is 2.30. The Bertz CT molecular complexity index is 1160. The number of unbranched alkanes of at least 4 members (excludes halogenated alkanes) is 1. The van der Waals surface area contributed by atoms with Gasteiger partial charge in [0.25, 0.3) is 5.91 Å². The van der Waals surface area contributed by atoms with Gasteiger partial charge in [-0.05, 0) is 75.2 Å². The molecular weight excluding hydrogens is 448 g/mol. The van der Waals surface area contributed by atoms with E-state index in [1.54, 1.807) is 7.11 Å². The summed E-state index contributed by atoms with van der Waals surface area (Å²) in [6.07, 6.45) is 13.3. The van der Waals surface area contributed by atoms with Gasteiger partial charge in [-0.25, -0.2) is 4.52 Å². The van der Waals surface area contributed by atoms with Gasteiger partial charge in [0.15, 0.2) is 0 Å². The van der Waals surface area contributed by atoms with E-state index in [0.29, 0.717) is 0 Å². The van der Waals surface area contributed by atoms with Gasteiger partial charge in [0, 0.05) is 42.5 Å². The van der Waals surface area contributed by atoms with Crippen molar-refractivity contribution in [1.29, 1.82) is 0 Å². The number of rotatable bonds is 11. The minimum absolute atomic E-state index is 0.100. The minimum Gasteiger partial charge on any atom is -0.497 e. The lowest BCUT2D eigenvalue weighted by molar-refractivity contribution is 0.0753. The predicted molar refractivity (Wildman–Crippen MR) is 148 cm³/mol. The maximum Gasteiger partial charge on any atom is 0.253 e. The number of ether oxygens (including phenoxy) is 1. The number of likely N-dealkylation sites (tertiary alicyclic amines) is 1. The Labute approximate surface area is 215 Å². The van der Waals surface area contributed by atoms with Crippen molar-refractivity contribution >= 4 is 17.5 Å². The number of carbonyl (C=O) groups excluding carboxylic acids is 1. The fraction of sp³-hybridized carbons (Fsp3) is 0.467. The summed E-state index contributed by atoms with van der Waals surface area (Å²) in [4.78, 5) is 17.9. The number of amides is 1. The van der Waals surface area contributed by atoms with Crippen LogP contribution in [0.25, 0.3) is 22.9 Å². The molecular formula is C30H40N4O2. The van der Waals surface area contributed by atoms with Gasteiger partial charge in [-0.3, -0.25) is 9.69 Å². The lowest BCUT2D eigenvalue weighted by atomic mass is 10.0. The van der Waals surface area contributed by atoms with Crippen LogP contribution in [0.5, 0.6) is 5.75 Å². The molecule has 192 valence electrons. The molecule has 0 bridgehead atoms. The predicted octanol–water partition coefficient (Wildman–Crippen LogP) is 6.16. The van der Waals surface area contributed by atoms with Gasteiger partial charge in [-0.15, -0.1) is 0 Å². The first kappa shape index (κ1) is 26.0. The molecule has 1 aliphatic rings. The summed E-state index contributed by atoms with van der Waals surface area (Å²) in [7, 11) is 1.68. The van der Waals surface area contributed by atoms with Crippen LogP contribution in [0.2, 0.25) is 0 Å². The largest absolute Gasteiger partial charge is 0.497 e. The summed E-state index contributed by atoms with van der Waals surface area (Å²) in [6, 6.07) is 11.9. The van der Waals surface area contributed by atoms with Gasteiger partial charge in [-0.1, -0.05) is 38.8 Å². The van der Waals surface area contributed by atoms with Crippen molar-refractivity contribution in [3.05, 3.63) is 59.8 Å². The Morgan fingerprint density at radius 3 is 2.53 bits per heavy atom. The Morgan fingerprint density at radius 1 is 1.06 bits per heavy atom. The highest BCUT2D eigenvalue weighted by Gasteiger charge is 2.19. The second kappa shape index (κ2) is 12.7. The van der Waals surface area contributed by atoms with Crippen LogP contribution in [0.1, 0.15) is 68.3 Å². The molecule has 0 saturated carbocycles. The van der Waals surface area contributed by atoms with E-state index in [2.05, 4.69) is 30.9 Å². The molecule has 3 heterocycles. The van der Waals surface area contributed by atoms with Crippen LogP contribution in [-0.2, 0) is 0 Å². The van der Waals surface area contributed by atoms with E-state index in [9.17, 15) is 4.79 Å². The van der Waals surface area contributed by atoms with Crippen molar-refractivity contribution < 1.29 is 9.53 Å². The third kappa shape index (κ3) is 6.16. The van der Waals surface area contributed by atoms with Crippen LogP contribution in [0.4, 0.5) is 0 Å². The second-order valence-corrected chi connectivity index (χ2v) is 9.65. The highest BCUT2D eigenvalue weighted by molar-refractivity contribution is 5.96. The molecule has 3 aromatic rings. The summed E-state index contributed by atoms with van der Waals surface area (Å²) < 4.78 is 7.25. The molecule has 0 atom stereocenters. The quantitative estimate of drug-likeness (QED) is 0.324. The normalized spacial score (nSPS) is 14.5. The number of hydrogen-bond acceptors (Lipinski definition) is 4. The van der Waals surface area contributed by atoms with Crippen molar-refractivity contribution in [1.82, 2.24) is 19.4 Å². The molecule has 0 unspecified atom stereocenters. The van der Waals surface area contributed by atoms with Crippen molar-refractivity contribution in [3.63, 3.8) is 0 Å². The Hall–Kier alpha value is -3.12. The number of nitrogens with zero attached hydrogens (tertiary/aromatic N) is 4. The molecule has 1 aliphatic heterocycles. The summed E-state index contributed by atoms with van der Waals surface area (Å²) in [5.74, 6) is 0.920. The number of aromatic nitrogens is 2. The summed E-state index contributed by atoms with van der Waals surface area (Å²) >= 11 is 0. The van der Waals surface area contributed by atoms with Gasteiger partial charge in [0.2, 0.25) is 0 Å². The van der Waals surface area contributed by atoms with Gasteiger partial charge in [0.1, 0.15) is 11.4 Å². The average molecular weight is 489 g/mol. The topological polar surface area (TPSA) is 50.1 Å². The maximum atomic E-state index is 13.4. The van der Waals surface area contributed by atoms with Crippen molar-refractivity contribution in [2.75, 3.05) is 39.8 Å². The van der Waals surface area contributed by atoms with E-state index < -0.39 is 0 Å². The molecule has 1 aromatic carbocycles. The Morgan fingerprint density at radius 2 is 1.83 bits per heavy atom. The Kier molecular flexibility index (Phi) is 9.17. The third-order valence-electron chi connectivity index (χ3n) is 6.94. The molecule has 0 N–H and O–H groups in total. The SMILES string of the molecule is CCCCN(CCC)C(=O)c1ccn2nc(-c3ccc(OC)cc3)c(/C=C/CN3CCCCC3)c2c1. The summed E-state index contributed by atoms with van der Waals surface area (Å²) in [5, 5.41) is 4.92. The third-order valence-corrected chi connectivity index (χ3v) is 6.94. The van der Waals surface area contributed by atoms with Crippen LogP contribution in [0.15, 0.2) is 48.7 Å². The molecule has 36 heavy (non-hydrogen) atoms. The first-order valence-electron chi connectivity index (χ1n) is 13.5. The second-order valence-electron chi connectivity index (χ2n) is 9.65. The Balaban J connectivity index is 1.71. The molecule has 6 heteroatoms. The van der Waals surface area contributed by atoms with E-state index in [1.165, 1.54) is 19.3 Å². The molecule has 1 amide bonds. The zero-order valence-corrected chi connectivity index (χ0v) is 22.1. The molecule has 0 aliphatic carbocycles. The van der Waals surface area contributed by atoms with E-state index in [0.717, 1.165) is 85.6 Å². The fourth-order valence-electron chi connectivity index (χ4n) is 4.90. The zero-order chi connectivity index (χ0) is 25.3. The minimum atomic E-state index is 0.100. The fourth-order valence-corrected chi connectivity index (χ4v) is 4.90. The van der Waals surface area contributed by atoms with E-state index in [1.807, 2.05) is 52.0 Å². The first-order chi connectivity index (χ1) is 17.6. The van der Waals surface area contributed by atoms with Crippen LogP contribution >= 0.6 is 0 Å². The molecule has 0 radical (unpaired) electrons. The number of hydrogen-bond donors (Lipinski definition) is 0. The standard InChI is InChI=1S/C30H40N4O2/c1-4-6-21-33(17-5-2)30(35)25-16-22-34-28(23-25)27(11-10-20-32-18-8-7-9-19-32)29(31-34)24-12-14-26(36-3)15-13-24/h10-16,22-23H,4-9,17-21H2,1-3H3/b11-10+. The van der Waals surface area contributed by atoms with Crippen LogP contribution < -0.4 is 4.74 Å². The maximum absolute atomic E-state index is 13.4. The van der Waals surface area contributed by atoms with Gasteiger partial charge in [-0.2, -0.15) is 5.10 Å². The molecule has 1 fully saturated rings. The number of pyridine rings is 1. The number of benzene rings is 1. The number of methoxy groups -OCH3 is 1. The monoisotopic (exact) mass is 488 g/mol. The van der Waals surface area contributed by atoms with E-state index >= 15 is 0 Å². The molecule has 1 saturated heterocycles. The van der Waals surface area contributed by atoms with E-state index in [-0.39, 0.29) is 5.91 Å². The number of carbonyl (C=O) groups is 1. The molecule has 6 nitrogen and oxygen atoms in total. The molecule has 4 rings (SSSR count). The number of fused-ring (bicyclic) bond motifs is 1. The van der Waals surface area contributed by atoms with Gasteiger partial charge >= 0.3 is 0 Å². The zero-order valence-electron chi connectivity index (χ0n) is 22.1. The van der Waals surface area contributed by atoms with Gasteiger partial charge < -0.3 is 9.64 Å². The van der Waals surface area contributed by atoms with Gasteiger partial charge in [0.05, 0.1) is 12.6 Å². The smallest absolute Gasteiger partial charge is 0.253 e. The lowest BCUT2D eigenvalue weighted by Crippen LogP contribution is -2.32. The van der Waals surface area contributed by atoms with E-state index in [4.69, 9.17) is 9.84 Å². The van der Waals surface area contributed by atoms with Crippen LogP contribution in [-0.4, -0.2) is 65.2 Å². The average Bonchev–Trinajstić information content (AvgIpc) is 3.29. The first-order valence-corrected chi connectivity index (χ1v) is 13.5. The molecule has 2 aromatic heterocycles. The van der Waals surface area contributed by atoms with Crippen LogP contribution in [0.3, 0.4) is 0 Å². The summed E-state index contributed by atoms with van der Waals surface area (Å²) in [5.41, 5.74) is 4.66. The highest BCUT2D eigenvalue weighted by atomic mass is 16.5. The number of piperidine rings is 1. The summed E-state index contributed by atoms with van der Waals surface area (Å²) in [6.45, 7) is 9.12. The van der Waals surface area contributed by atoms with Crippen molar-refractivity contribution in [3.8, 4) is 17.0 Å².